The van der Waals surface area contributed by atoms with E-state index in [9.17, 15) is 4.79 Å². The van der Waals surface area contributed by atoms with Crippen LogP contribution in [0.5, 0.6) is 0 Å². The van der Waals surface area contributed by atoms with E-state index in [4.69, 9.17) is 5.73 Å². The van der Waals surface area contributed by atoms with Gasteiger partial charge in [-0.3, -0.25) is 4.79 Å². The number of carbonyl (C=O) groups excluding carboxylic acids is 1. The summed E-state index contributed by atoms with van der Waals surface area (Å²) in [7, 11) is 0. The van der Waals surface area contributed by atoms with Crippen molar-refractivity contribution in [1.82, 2.24) is 14.9 Å². The van der Waals surface area contributed by atoms with Gasteiger partial charge in [0.2, 0.25) is 5.91 Å². The van der Waals surface area contributed by atoms with Gasteiger partial charge in [0.25, 0.3) is 0 Å². The van der Waals surface area contributed by atoms with Crippen molar-refractivity contribution in [1.29, 1.82) is 0 Å². The van der Waals surface area contributed by atoms with Crippen LogP contribution in [0.1, 0.15) is 34.1 Å². The van der Waals surface area contributed by atoms with E-state index in [-0.39, 0.29) is 23.3 Å². The van der Waals surface area contributed by atoms with E-state index in [2.05, 4.69) is 31.1 Å². The number of carbonyl (C=O) groups is 1. The highest BCUT2D eigenvalue weighted by Crippen LogP contribution is 2.21. The number of aromatic nitrogens is 2. The first-order chi connectivity index (χ1) is 8.84. The molecule has 5 heteroatoms. The lowest BCUT2D eigenvalue weighted by Gasteiger charge is -2.32. The third-order valence-electron chi connectivity index (χ3n) is 3.36. The maximum Gasteiger partial charge on any atom is 0.223 e. The highest BCUT2D eigenvalue weighted by molar-refractivity contribution is 5.78. The molecule has 1 amide bonds. The summed E-state index contributed by atoms with van der Waals surface area (Å²) in [5, 5.41) is 3.14. The van der Waals surface area contributed by atoms with Gasteiger partial charge in [-0.25, -0.2) is 4.98 Å². The zero-order valence-electron chi connectivity index (χ0n) is 12.4. The molecule has 0 aliphatic carbocycles. The van der Waals surface area contributed by atoms with Crippen molar-refractivity contribution in [2.75, 3.05) is 6.54 Å². The lowest BCUT2D eigenvalue weighted by Crippen LogP contribution is -2.48. The molecule has 1 rings (SSSR count). The molecule has 2 unspecified atom stereocenters. The predicted octanol–water partition coefficient (Wildman–Crippen LogP) is 1.40. The summed E-state index contributed by atoms with van der Waals surface area (Å²) in [6, 6.07) is 0.0643. The summed E-state index contributed by atoms with van der Waals surface area (Å²) < 4.78 is 1.99. The monoisotopic (exact) mass is 266 g/mol. The molecule has 0 aliphatic rings. The van der Waals surface area contributed by atoms with Crippen LogP contribution >= 0.6 is 0 Å². The van der Waals surface area contributed by atoms with Crippen LogP contribution in [0.25, 0.3) is 0 Å². The van der Waals surface area contributed by atoms with Crippen molar-refractivity contribution < 1.29 is 4.79 Å². The van der Waals surface area contributed by atoms with Crippen molar-refractivity contribution in [2.24, 2.45) is 17.1 Å². The van der Waals surface area contributed by atoms with Crippen molar-refractivity contribution in [3.8, 4) is 0 Å². The average Bonchev–Trinajstić information content (AvgIpc) is 2.80. The number of nitrogens with one attached hydrogen (secondary N) is 1. The van der Waals surface area contributed by atoms with Gasteiger partial charge in [-0.05, 0) is 18.4 Å². The Morgan fingerprint density at radius 3 is 2.63 bits per heavy atom. The van der Waals surface area contributed by atoms with Gasteiger partial charge in [0, 0.05) is 24.9 Å². The Balaban J connectivity index is 2.68. The van der Waals surface area contributed by atoms with Gasteiger partial charge in [-0.15, -0.1) is 0 Å². The third-order valence-corrected chi connectivity index (χ3v) is 3.36. The average molecular weight is 266 g/mol. The molecule has 0 saturated heterocycles. The van der Waals surface area contributed by atoms with Crippen LogP contribution in [0.4, 0.5) is 0 Å². The van der Waals surface area contributed by atoms with Gasteiger partial charge < -0.3 is 15.6 Å². The summed E-state index contributed by atoms with van der Waals surface area (Å²) in [6.45, 7) is 9.56. The first-order valence-electron chi connectivity index (χ1n) is 6.80. The molecule has 0 fully saturated rings. The summed E-state index contributed by atoms with van der Waals surface area (Å²) in [5.41, 5.74) is 5.49. The molecule has 0 bridgehead atoms. The molecular weight excluding hydrogens is 240 g/mol. The quantitative estimate of drug-likeness (QED) is 0.817. The van der Waals surface area contributed by atoms with E-state index < -0.39 is 0 Å². The smallest absolute Gasteiger partial charge is 0.223 e. The highest BCUT2D eigenvalue weighted by Gasteiger charge is 2.27. The van der Waals surface area contributed by atoms with Gasteiger partial charge in [0.15, 0.2) is 0 Å². The minimum atomic E-state index is -0.0439. The number of nitrogens with zero attached hydrogens (tertiary/aromatic N) is 2. The molecular formula is C14H26N4O. The number of rotatable bonds is 6. The Morgan fingerprint density at radius 1 is 1.47 bits per heavy atom. The van der Waals surface area contributed by atoms with Crippen molar-refractivity contribution >= 4 is 5.91 Å². The number of nitrogens with two attached hydrogens (primary N) is 1. The first-order valence-corrected chi connectivity index (χ1v) is 6.80. The summed E-state index contributed by atoms with van der Waals surface area (Å²) in [4.78, 5) is 16.2. The Hall–Kier alpha value is -1.36. The Kier molecular flexibility index (Phi) is 5.54. The molecule has 19 heavy (non-hydrogen) atoms. The molecule has 0 radical (unpaired) electrons. The van der Waals surface area contributed by atoms with Crippen LogP contribution in [0.3, 0.4) is 0 Å². The van der Waals surface area contributed by atoms with Crippen LogP contribution in [0.15, 0.2) is 18.7 Å². The fourth-order valence-electron chi connectivity index (χ4n) is 1.84. The minimum absolute atomic E-state index is 0.0115. The van der Waals surface area contributed by atoms with E-state index in [1.807, 2.05) is 17.7 Å². The Labute approximate surface area is 115 Å². The number of amides is 1. The van der Waals surface area contributed by atoms with E-state index in [0.29, 0.717) is 13.0 Å². The topological polar surface area (TPSA) is 72.9 Å². The molecule has 0 aromatic carbocycles. The molecule has 1 aromatic rings. The zero-order chi connectivity index (χ0) is 14.5. The summed E-state index contributed by atoms with van der Waals surface area (Å²) >= 11 is 0. The molecule has 1 heterocycles. The van der Waals surface area contributed by atoms with Crippen molar-refractivity contribution in [2.45, 2.75) is 46.7 Å². The van der Waals surface area contributed by atoms with Crippen LogP contribution in [0, 0.1) is 11.3 Å². The van der Waals surface area contributed by atoms with Crippen LogP contribution in [-0.4, -0.2) is 28.0 Å². The molecule has 2 atom stereocenters. The Bertz CT molecular complexity index is 381. The van der Waals surface area contributed by atoms with Crippen LogP contribution in [-0.2, 0) is 11.3 Å². The minimum Gasteiger partial charge on any atom is -0.351 e. The molecule has 108 valence electrons. The maximum atomic E-state index is 12.1. The predicted molar refractivity (Wildman–Crippen MR) is 76.4 cm³/mol. The SMILES string of the molecule is CC(CCN)C(=O)NC(Cn1ccnc1)C(C)(C)C. The lowest BCUT2D eigenvalue weighted by atomic mass is 9.86. The number of hydrogen-bond donors (Lipinski definition) is 2. The van der Waals surface area contributed by atoms with Gasteiger partial charge in [-0.2, -0.15) is 0 Å². The summed E-state index contributed by atoms with van der Waals surface area (Å²) in [5.74, 6) is 0.0307. The lowest BCUT2D eigenvalue weighted by molar-refractivity contribution is -0.126. The van der Waals surface area contributed by atoms with Crippen LogP contribution < -0.4 is 11.1 Å². The summed E-state index contributed by atoms with van der Waals surface area (Å²) in [6.07, 6.45) is 6.15. The normalized spacial score (nSPS) is 15.0. The number of imidazole rings is 1. The van der Waals surface area contributed by atoms with Gasteiger partial charge >= 0.3 is 0 Å². The molecule has 0 spiro atoms. The van der Waals surface area contributed by atoms with E-state index in [1.165, 1.54) is 0 Å². The zero-order valence-corrected chi connectivity index (χ0v) is 12.4. The van der Waals surface area contributed by atoms with Crippen LogP contribution in [0.2, 0.25) is 0 Å². The largest absolute Gasteiger partial charge is 0.351 e. The maximum absolute atomic E-state index is 12.1. The third kappa shape index (κ3) is 5.03. The van der Waals surface area contributed by atoms with E-state index in [0.717, 1.165) is 6.54 Å². The Morgan fingerprint density at radius 2 is 2.16 bits per heavy atom. The fraction of sp³-hybridized carbons (Fsp3) is 0.714. The van der Waals surface area contributed by atoms with E-state index in [1.54, 1.807) is 12.5 Å². The highest BCUT2D eigenvalue weighted by atomic mass is 16.1. The molecule has 3 N–H and O–H groups in total. The number of hydrogen-bond acceptors (Lipinski definition) is 3. The van der Waals surface area contributed by atoms with Gasteiger partial charge in [0.1, 0.15) is 0 Å². The molecule has 1 aromatic heterocycles. The standard InChI is InChI=1S/C14H26N4O/c1-11(5-6-15)13(19)17-12(14(2,3)4)9-18-8-7-16-10-18/h7-8,10-12H,5-6,9,15H2,1-4H3,(H,17,19). The van der Waals surface area contributed by atoms with Crippen molar-refractivity contribution in [3.63, 3.8) is 0 Å². The molecule has 5 nitrogen and oxygen atoms in total. The van der Waals surface area contributed by atoms with Gasteiger partial charge in [-0.1, -0.05) is 27.7 Å². The molecule has 0 aliphatic heterocycles. The second-order valence-corrected chi connectivity index (χ2v) is 6.17. The van der Waals surface area contributed by atoms with Gasteiger partial charge in [0.05, 0.1) is 12.4 Å². The second-order valence-electron chi connectivity index (χ2n) is 6.17. The van der Waals surface area contributed by atoms with E-state index >= 15 is 0 Å². The second kappa shape index (κ2) is 6.70. The van der Waals surface area contributed by atoms with Crippen molar-refractivity contribution in [3.05, 3.63) is 18.7 Å². The molecule has 0 saturated carbocycles. The first kappa shape index (κ1) is 15.7. The fourth-order valence-corrected chi connectivity index (χ4v) is 1.84.